The molecule has 0 bridgehead atoms. The minimum atomic E-state index is 0. The number of nitrogens with zero attached hydrogens (tertiary/aromatic N) is 4. The van der Waals surface area contributed by atoms with Gasteiger partial charge in [0, 0.05) is 31.9 Å². The Morgan fingerprint density at radius 1 is 1.32 bits per heavy atom. The van der Waals surface area contributed by atoms with Crippen LogP contribution in [0.15, 0.2) is 24.8 Å². The van der Waals surface area contributed by atoms with Crippen molar-refractivity contribution in [1.29, 1.82) is 0 Å². The highest BCUT2D eigenvalue weighted by Gasteiger charge is 2.11. The maximum absolute atomic E-state index is 4.40. The molecule has 2 aromatic rings. The highest BCUT2D eigenvalue weighted by molar-refractivity contribution is 6.11. The fourth-order valence-corrected chi connectivity index (χ4v) is 1.81. The fourth-order valence-electron chi connectivity index (χ4n) is 1.81. The van der Waals surface area contributed by atoms with E-state index in [2.05, 4.69) is 27.4 Å². The quantitative estimate of drug-likeness (QED) is 0.687. The van der Waals surface area contributed by atoms with E-state index in [0.29, 0.717) is 0 Å². The van der Waals surface area contributed by atoms with Crippen molar-refractivity contribution in [1.82, 2.24) is 19.9 Å². The normalized spacial score (nSPS) is 11.1. The zero-order chi connectivity index (χ0) is 13.1. The Morgan fingerprint density at radius 2 is 2.05 bits per heavy atom. The zero-order valence-corrected chi connectivity index (χ0v) is 12.4. The molecule has 0 radical (unpaired) electrons. The molecule has 0 saturated heterocycles. The van der Waals surface area contributed by atoms with Crippen LogP contribution in [-0.4, -0.2) is 58.8 Å². The summed E-state index contributed by atoms with van der Waals surface area (Å²) >= 11 is 0. The van der Waals surface area contributed by atoms with Gasteiger partial charge in [0.1, 0.15) is 26.1 Å². The number of allylic oxidation sites excluding steroid dienone is 1. The average Bonchev–Trinajstić information content (AvgIpc) is 2.74. The van der Waals surface area contributed by atoms with Crippen molar-refractivity contribution in [2.75, 3.05) is 28.2 Å². The van der Waals surface area contributed by atoms with Crippen LogP contribution in [0.1, 0.15) is 5.69 Å². The second kappa shape index (κ2) is 6.33. The smallest absolute Gasteiger partial charge is 0.173 e. The molecule has 0 aliphatic heterocycles. The topological polar surface area (TPSA) is 47.8 Å². The van der Waals surface area contributed by atoms with Gasteiger partial charge in [-0.25, -0.2) is 14.5 Å². The van der Waals surface area contributed by atoms with E-state index in [0.717, 1.165) is 22.3 Å². The number of rotatable bonds is 3. The molecule has 0 unspecified atom stereocenters. The van der Waals surface area contributed by atoms with Gasteiger partial charge in [0.2, 0.25) is 0 Å². The van der Waals surface area contributed by atoms with Gasteiger partial charge in [-0.2, -0.15) is 0 Å². The van der Waals surface area contributed by atoms with Gasteiger partial charge in [-0.1, -0.05) is 0 Å². The van der Waals surface area contributed by atoms with E-state index in [1.54, 1.807) is 6.33 Å². The van der Waals surface area contributed by atoms with E-state index in [1.165, 1.54) is 0 Å². The third-order valence-corrected chi connectivity index (χ3v) is 2.42. The van der Waals surface area contributed by atoms with Gasteiger partial charge in [-0.15, -0.1) is 12.4 Å². The first-order chi connectivity index (χ1) is 8.58. The number of nitrogens with one attached hydrogen (secondary N) is 1. The summed E-state index contributed by atoms with van der Waals surface area (Å²) in [5, 5.41) is 1.03. The maximum atomic E-state index is 4.40. The van der Waals surface area contributed by atoms with E-state index in [1.807, 2.05) is 49.9 Å². The van der Waals surface area contributed by atoms with Gasteiger partial charge in [-0.3, -0.25) is 0 Å². The van der Waals surface area contributed by atoms with Crippen molar-refractivity contribution >= 4 is 35.2 Å². The third-order valence-electron chi connectivity index (χ3n) is 2.42. The number of halogens is 1. The summed E-state index contributed by atoms with van der Waals surface area (Å²) in [5.74, 6) is 0. The first kappa shape index (κ1) is 15.2. The van der Waals surface area contributed by atoms with Gasteiger partial charge in [0.15, 0.2) is 6.21 Å². The van der Waals surface area contributed by atoms with Crippen LogP contribution in [0.2, 0.25) is 0 Å². The van der Waals surface area contributed by atoms with Gasteiger partial charge in [0.05, 0.1) is 11.3 Å². The van der Waals surface area contributed by atoms with Crippen molar-refractivity contribution in [3.05, 3.63) is 30.5 Å². The standard InChI is InChI=1S/C13H18N5.ClH/c1-17(2)7-10(8-18(3)4)12-11-5-6-14-13(11)16-9-15-12;/h5-9H,1-4H3,(H,14,15,16);1H/q+1;. The SMILES string of the molecule is CN(C)/C=C(\C=[N+](C)C)c1ncnc2[nH]ccc12.Cl. The lowest BCUT2D eigenvalue weighted by molar-refractivity contribution is -0.458. The molecule has 102 valence electrons. The summed E-state index contributed by atoms with van der Waals surface area (Å²) in [6.45, 7) is 0. The fraction of sp³-hybridized carbons (Fsp3) is 0.308. The molecule has 2 heterocycles. The monoisotopic (exact) mass is 280 g/mol. The van der Waals surface area contributed by atoms with Crippen LogP contribution in [0.25, 0.3) is 16.6 Å². The van der Waals surface area contributed by atoms with Crippen LogP contribution in [0, 0.1) is 0 Å². The molecule has 1 N–H and O–H groups in total. The Labute approximate surface area is 119 Å². The molecular formula is C13H19ClN5+. The van der Waals surface area contributed by atoms with E-state index >= 15 is 0 Å². The minimum Gasteiger partial charge on any atom is -0.383 e. The number of hydrogen-bond donors (Lipinski definition) is 1. The summed E-state index contributed by atoms with van der Waals surface area (Å²) in [6, 6.07) is 2.00. The second-order valence-electron chi connectivity index (χ2n) is 4.60. The Bertz CT molecular complexity index is 608. The molecule has 5 nitrogen and oxygen atoms in total. The predicted molar refractivity (Wildman–Crippen MR) is 81.0 cm³/mol. The summed E-state index contributed by atoms with van der Waals surface area (Å²) in [5.41, 5.74) is 2.84. The third kappa shape index (κ3) is 3.54. The molecule has 0 atom stereocenters. The number of hydrogen-bond acceptors (Lipinski definition) is 3. The van der Waals surface area contributed by atoms with Crippen LogP contribution >= 0.6 is 12.4 Å². The molecule has 2 rings (SSSR count). The summed E-state index contributed by atoms with van der Waals surface area (Å²) in [6.07, 6.45) is 7.57. The van der Waals surface area contributed by atoms with E-state index in [9.17, 15) is 0 Å². The lowest BCUT2D eigenvalue weighted by atomic mass is 10.1. The van der Waals surface area contributed by atoms with Crippen LogP contribution in [0.3, 0.4) is 0 Å². The van der Waals surface area contributed by atoms with Crippen LogP contribution in [0.4, 0.5) is 0 Å². The van der Waals surface area contributed by atoms with E-state index in [-0.39, 0.29) is 12.4 Å². The van der Waals surface area contributed by atoms with Crippen LogP contribution in [0.5, 0.6) is 0 Å². The molecule has 0 fully saturated rings. The molecule has 0 saturated carbocycles. The largest absolute Gasteiger partial charge is 0.383 e. The van der Waals surface area contributed by atoms with Crippen molar-refractivity contribution in [2.45, 2.75) is 0 Å². The summed E-state index contributed by atoms with van der Waals surface area (Å²) < 4.78 is 2.01. The van der Waals surface area contributed by atoms with Crippen LogP contribution < -0.4 is 0 Å². The van der Waals surface area contributed by atoms with Crippen molar-refractivity contribution in [2.24, 2.45) is 0 Å². The predicted octanol–water partition coefficient (Wildman–Crippen LogP) is 1.63. The second-order valence-corrected chi connectivity index (χ2v) is 4.60. The molecule has 0 aliphatic rings. The summed E-state index contributed by atoms with van der Waals surface area (Å²) in [7, 11) is 8.00. The minimum absolute atomic E-state index is 0. The number of H-pyrrole nitrogens is 1. The van der Waals surface area contributed by atoms with E-state index in [4.69, 9.17) is 0 Å². The molecular weight excluding hydrogens is 262 g/mol. The molecule has 0 spiro atoms. The zero-order valence-electron chi connectivity index (χ0n) is 11.6. The Kier molecular flexibility index (Phi) is 5.06. The molecule has 19 heavy (non-hydrogen) atoms. The number of aromatic amines is 1. The van der Waals surface area contributed by atoms with Crippen molar-refractivity contribution in [3.8, 4) is 0 Å². The lowest BCUT2D eigenvalue weighted by Crippen LogP contribution is -2.08. The lowest BCUT2D eigenvalue weighted by Gasteiger charge is -2.07. The molecule has 0 amide bonds. The Morgan fingerprint density at radius 3 is 2.68 bits per heavy atom. The van der Waals surface area contributed by atoms with Gasteiger partial charge in [0.25, 0.3) is 0 Å². The summed E-state index contributed by atoms with van der Waals surface area (Å²) in [4.78, 5) is 13.7. The van der Waals surface area contributed by atoms with Gasteiger partial charge < -0.3 is 9.88 Å². The highest BCUT2D eigenvalue weighted by atomic mass is 35.5. The van der Waals surface area contributed by atoms with E-state index < -0.39 is 0 Å². The number of aromatic nitrogens is 3. The highest BCUT2D eigenvalue weighted by Crippen LogP contribution is 2.19. The van der Waals surface area contributed by atoms with Crippen molar-refractivity contribution in [3.63, 3.8) is 0 Å². The molecule has 6 heteroatoms. The molecule has 2 aromatic heterocycles. The van der Waals surface area contributed by atoms with Crippen LogP contribution in [-0.2, 0) is 0 Å². The Hall–Kier alpha value is -1.88. The van der Waals surface area contributed by atoms with Gasteiger partial charge in [-0.05, 0) is 6.07 Å². The number of fused-ring (bicyclic) bond motifs is 1. The molecule has 0 aromatic carbocycles. The Balaban J connectivity index is 0.00000180. The maximum Gasteiger partial charge on any atom is 0.173 e. The first-order valence-corrected chi connectivity index (χ1v) is 5.76. The van der Waals surface area contributed by atoms with Gasteiger partial charge >= 0.3 is 0 Å². The average molecular weight is 281 g/mol. The first-order valence-electron chi connectivity index (χ1n) is 5.76. The van der Waals surface area contributed by atoms with Crippen molar-refractivity contribution < 1.29 is 4.58 Å². The molecule has 0 aliphatic carbocycles.